The molecule has 0 aromatic carbocycles. The molecule has 0 aliphatic carbocycles. The third kappa shape index (κ3) is 5.47. The maximum atomic E-state index is 13.6. The second-order valence-electron chi connectivity index (χ2n) is 6.03. The minimum absolute atomic E-state index is 0.146. The van der Waals surface area contributed by atoms with Gasteiger partial charge in [0.1, 0.15) is 11.6 Å². The Hall–Kier alpha value is -3.56. The minimum Gasteiger partial charge on any atom is -0.405 e. The molecule has 2 rings (SSSR count). The van der Waals surface area contributed by atoms with Crippen LogP contribution >= 0.6 is 0 Å². The van der Waals surface area contributed by atoms with Crippen LogP contribution in [0.1, 0.15) is 30.9 Å². The predicted octanol–water partition coefficient (Wildman–Crippen LogP) is 2.77. The first-order valence-electron chi connectivity index (χ1n) is 8.23. The largest absolute Gasteiger partial charge is 0.405 e. The van der Waals surface area contributed by atoms with Crippen LogP contribution in [0.3, 0.4) is 0 Å². The number of rotatable bonds is 6. The van der Waals surface area contributed by atoms with Crippen molar-refractivity contribution < 1.29 is 13.6 Å². The molecule has 8 nitrogen and oxygen atoms in total. The van der Waals surface area contributed by atoms with Gasteiger partial charge in [0.25, 0.3) is 0 Å². The van der Waals surface area contributed by atoms with Gasteiger partial charge in [0.2, 0.25) is 11.7 Å². The van der Waals surface area contributed by atoms with Crippen LogP contribution in [-0.4, -0.2) is 20.9 Å². The highest BCUT2D eigenvalue weighted by Gasteiger charge is 2.29. The number of aryl methyl sites for hydroxylation is 1. The number of nitrogens with one attached hydrogen (secondary N) is 2. The van der Waals surface area contributed by atoms with Crippen molar-refractivity contribution in [3.63, 3.8) is 0 Å². The number of aromatic nitrogens is 3. The van der Waals surface area contributed by atoms with E-state index >= 15 is 0 Å². The molecule has 6 N–H and O–H groups in total. The molecule has 148 valence electrons. The van der Waals surface area contributed by atoms with Crippen LogP contribution in [0.4, 0.5) is 26.1 Å². The van der Waals surface area contributed by atoms with Crippen LogP contribution in [0.15, 0.2) is 36.7 Å². The lowest BCUT2D eigenvalue weighted by atomic mass is 10.1. The van der Waals surface area contributed by atoms with E-state index in [4.69, 9.17) is 11.5 Å². The van der Waals surface area contributed by atoms with E-state index in [1.165, 1.54) is 37.5 Å². The van der Waals surface area contributed by atoms with E-state index in [0.29, 0.717) is 22.6 Å². The molecule has 0 atom stereocenters. The van der Waals surface area contributed by atoms with Crippen LogP contribution < -0.4 is 22.1 Å². The van der Waals surface area contributed by atoms with Crippen molar-refractivity contribution in [1.29, 1.82) is 0 Å². The molecule has 0 saturated carbocycles. The molecule has 10 heteroatoms. The van der Waals surface area contributed by atoms with E-state index in [1.807, 2.05) is 0 Å². The molecule has 2 aromatic heterocycles. The van der Waals surface area contributed by atoms with Crippen LogP contribution in [0.25, 0.3) is 5.70 Å². The SMILES string of the molecule is CC(=O)Nc1cc(Nc2cc(C)nc(C(C)(F)F)n2)c(/C(N)=C/C=C\N)cn1. The van der Waals surface area contributed by atoms with Gasteiger partial charge in [-0.3, -0.25) is 4.79 Å². The first-order valence-corrected chi connectivity index (χ1v) is 8.23. The maximum absolute atomic E-state index is 13.6. The number of hydrogen-bond donors (Lipinski definition) is 4. The number of carbonyl (C=O) groups is 1. The molecule has 0 aliphatic rings. The lowest BCUT2D eigenvalue weighted by Gasteiger charge is -2.15. The molecule has 1 amide bonds. The highest BCUT2D eigenvalue weighted by atomic mass is 19.3. The zero-order valence-electron chi connectivity index (χ0n) is 15.6. The van der Waals surface area contributed by atoms with Gasteiger partial charge < -0.3 is 22.1 Å². The first-order chi connectivity index (χ1) is 13.1. The standard InChI is InChI=1S/C18H21F2N7O/c1-10-7-16(27-17(24-10)18(3,19)20)26-14-8-15(25-11(2)28)23-9-12(14)13(22)5-4-6-21/h4-9H,21-22H2,1-3H3,(H2,23,24,25,26,27,28)/b6-4-,13-5-. The zero-order chi connectivity index (χ0) is 20.9. The summed E-state index contributed by atoms with van der Waals surface area (Å²) in [6.45, 7) is 3.64. The van der Waals surface area contributed by atoms with Gasteiger partial charge >= 0.3 is 5.92 Å². The Kier molecular flexibility index (Phi) is 6.24. The van der Waals surface area contributed by atoms with Gasteiger partial charge in [0.05, 0.1) is 5.69 Å². The van der Waals surface area contributed by atoms with Crippen LogP contribution in [0.2, 0.25) is 0 Å². The molecule has 2 heterocycles. The van der Waals surface area contributed by atoms with Crippen molar-refractivity contribution in [3.8, 4) is 0 Å². The molecular weight excluding hydrogens is 368 g/mol. The fraction of sp³-hybridized carbons (Fsp3) is 0.222. The van der Waals surface area contributed by atoms with Gasteiger partial charge in [0.15, 0.2) is 0 Å². The first kappa shape index (κ1) is 20.7. The summed E-state index contributed by atoms with van der Waals surface area (Å²) in [5, 5.41) is 5.50. The second kappa shape index (κ2) is 8.42. The Balaban J connectivity index is 2.52. The molecule has 0 radical (unpaired) electrons. The summed E-state index contributed by atoms with van der Waals surface area (Å²) >= 11 is 0. The highest BCUT2D eigenvalue weighted by molar-refractivity contribution is 5.89. The second-order valence-corrected chi connectivity index (χ2v) is 6.03. The maximum Gasteiger partial charge on any atom is 0.303 e. The van der Waals surface area contributed by atoms with Crippen LogP contribution in [0, 0.1) is 6.92 Å². The Morgan fingerprint density at radius 1 is 1.25 bits per heavy atom. The Bertz CT molecular complexity index is 936. The van der Waals surface area contributed by atoms with Crippen LogP contribution in [0.5, 0.6) is 0 Å². The number of nitrogens with two attached hydrogens (primary N) is 2. The predicted molar refractivity (Wildman–Crippen MR) is 104 cm³/mol. The summed E-state index contributed by atoms with van der Waals surface area (Å²) in [4.78, 5) is 23.1. The van der Waals surface area contributed by atoms with Crippen molar-refractivity contribution in [2.24, 2.45) is 11.5 Å². The van der Waals surface area contributed by atoms with E-state index in [0.717, 1.165) is 6.92 Å². The van der Waals surface area contributed by atoms with Gasteiger partial charge in [-0.15, -0.1) is 0 Å². The number of allylic oxidation sites excluding steroid dienone is 2. The Morgan fingerprint density at radius 2 is 1.96 bits per heavy atom. The summed E-state index contributed by atoms with van der Waals surface area (Å²) in [7, 11) is 0. The van der Waals surface area contributed by atoms with Crippen LogP contribution in [-0.2, 0) is 10.7 Å². The van der Waals surface area contributed by atoms with E-state index in [1.54, 1.807) is 13.0 Å². The van der Waals surface area contributed by atoms with Crippen molar-refractivity contribution in [1.82, 2.24) is 15.0 Å². The van der Waals surface area contributed by atoms with E-state index in [-0.39, 0.29) is 17.5 Å². The molecule has 0 saturated heterocycles. The molecular formula is C18H21F2N7O. The highest BCUT2D eigenvalue weighted by Crippen LogP contribution is 2.29. The number of amides is 1. The van der Waals surface area contributed by atoms with E-state index in [2.05, 4.69) is 25.6 Å². The van der Waals surface area contributed by atoms with E-state index < -0.39 is 11.7 Å². The quantitative estimate of drug-likeness (QED) is 0.559. The molecule has 0 aliphatic heterocycles. The minimum atomic E-state index is -3.20. The molecule has 0 unspecified atom stereocenters. The summed E-state index contributed by atoms with van der Waals surface area (Å²) in [6.07, 6.45) is 5.83. The van der Waals surface area contributed by atoms with Crippen molar-refractivity contribution >= 4 is 28.9 Å². The Morgan fingerprint density at radius 3 is 2.57 bits per heavy atom. The van der Waals surface area contributed by atoms with Gasteiger partial charge in [-0.25, -0.2) is 15.0 Å². The number of nitrogens with zero attached hydrogens (tertiary/aromatic N) is 3. The van der Waals surface area contributed by atoms with Gasteiger partial charge in [0, 0.05) is 49.1 Å². The fourth-order valence-corrected chi connectivity index (χ4v) is 2.25. The van der Waals surface area contributed by atoms with Crippen molar-refractivity contribution in [2.45, 2.75) is 26.7 Å². The number of hydrogen-bond acceptors (Lipinski definition) is 7. The lowest BCUT2D eigenvalue weighted by Crippen LogP contribution is -2.15. The van der Waals surface area contributed by atoms with Crippen molar-refractivity contribution in [2.75, 3.05) is 10.6 Å². The Labute approximate surface area is 160 Å². The monoisotopic (exact) mass is 389 g/mol. The number of carbonyl (C=O) groups excluding carboxylic acids is 1. The molecule has 2 aromatic rings. The number of halogens is 2. The number of anilines is 3. The molecule has 0 spiro atoms. The summed E-state index contributed by atoms with van der Waals surface area (Å²) < 4.78 is 27.3. The summed E-state index contributed by atoms with van der Waals surface area (Å²) in [6, 6.07) is 3.03. The smallest absolute Gasteiger partial charge is 0.303 e. The third-order valence-electron chi connectivity index (χ3n) is 3.42. The normalized spacial score (nSPS) is 12.2. The van der Waals surface area contributed by atoms with Gasteiger partial charge in [-0.2, -0.15) is 8.78 Å². The van der Waals surface area contributed by atoms with Gasteiger partial charge in [-0.1, -0.05) is 0 Å². The topological polar surface area (TPSA) is 132 Å². The molecule has 28 heavy (non-hydrogen) atoms. The number of pyridine rings is 1. The average Bonchev–Trinajstić information content (AvgIpc) is 2.58. The molecule has 0 bridgehead atoms. The average molecular weight is 389 g/mol. The van der Waals surface area contributed by atoms with Gasteiger partial charge in [-0.05, 0) is 25.3 Å². The number of alkyl halides is 2. The van der Waals surface area contributed by atoms with E-state index in [9.17, 15) is 13.6 Å². The third-order valence-corrected chi connectivity index (χ3v) is 3.42. The molecule has 0 fully saturated rings. The fourth-order valence-electron chi connectivity index (χ4n) is 2.25. The summed E-state index contributed by atoms with van der Waals surface area (Å²) in [5.41, 5.74) is 12.9. The summed E-state index contributed by atoms with van der Waals surface area (Å²) in [5.74, 6) is -3.72. The van der Waals surface area contributed by atoms with Crippen molar-refractivity contribution in [3.05, 3.63) is 53.8 Å². The lowest BCUT2D eigenvalue weighted by molar-refractivity contribution is -0.114. The zero-order valence-corrected chi connectivity index (χ0v) is 15.6.